The minimum Gasteiger partial charge on any atom is -0.507 e. The summed E-state index contributed by atoms with van der Waals surface area (Å²) in [7, 11) is 0. The molecule has 0 radical (unpaired) electrons. The number of carbonyl (C=O) groups excluding carboxylic acids is 1. The largest absolute Gasteiger partial charge is 0.507 e. The monoisotopic (exact) mass is 328 g/mol. The molecule has 0 bridgehead atoms. The molecule has 0 aliphatic rings. The number of aromatic carboxylic acids is 1. The normalized spacial score (nSPS) is 10.4. The molecule has 0 unspecified atom stereocenters. The molecular weight excluding hydrogens is 308 g/mol. The first-order valence-corrected chi connectivity index (χ1v) is 7.74. The third kappa shape index (κ3) is 3.93. The Balaban J connectivity index is 2.21. The summed E-state index contributed by atoms with van der Waals surface area (Å²) in [6, 6.07) is 9.51. The standard InChI is InChI=1S/C19H20O5/c1-3-4-17-14(7-10-16(12(2)20)18(17)21)11-24-15-8-5-13(6-9-15)19(22)23/h5-10,21H,3-4,11H2,1-2H3,(H,22,23). The molecule has 5 heteroatoms. The zero-order chi connectivity index (χ0) is 17.7. The lowest BCUT2D eigenvalue weighted by Gasteiger charge is -2.14. The molecule has 0 heterocycles. The van der Waals surface area contributed by atoms with Gasteiger partial charge in [0.05, 0.1) is 11.1 Å². The summed E-state index contributed by atoms with van der Waals surface area (Å²) in [5.74, 6) is -0.609. The Hall–Kier alpha value is -2.82. The number of ether oxygens (including phenoxy) is 1. The minimum absolute atomic E-state index is 0.0201. The molecule has 2 N–H and O–H groups in total. The maximum Gasteiger partial charge on any atom is 0.335 e. The van der Waals surface area contributed by atoms with Crippen LogP contribution in [0.1, 0.15) is 52.1 Å². The average molecular weight is 328 g/mol. The first kappa shape index (κ1) is 17.5. The van der Waals surface area contributed by atoms with E-state index >= 15 is 0 Å². The molecule has 2 aromatic rings. The molecule has 2 rings (SSSR count). The Morgan fingerprint density at radius 1 is 1.08 bits per heavy atom. The average Bonchev–Trinajstić information content (AvgIpc) is 2.55. The molecule has 0 saturated carbocycles. The van der Waals surface area contributed by atoms with Crippen molar-refractivity contribution in [3.8, 4) is 11.5 Å². The van der Waals surface area contributed by atoms with E-state index in [9.17, 15) is 14.7 Å². The van der Waals surface area contributed by atoms with Crippen molar-refractivity contribution in [3.05, 3.63) is 58.7 Å². The quantitative estimate of drug-likeness (QED) is 0.755. The lowest BCUT2D eigenvalue weighted by atomic mass is 9.97. The van der Waals surface area contributed by atoms with Crippen molar-refractivity contribution < 1.29 is 24.5 Å². The van der Waals surface area contributed by atoms with Gasteiger partial charge in [-0.15, -0.1) is 0 Å². The van der Waals surface area contributed by atoms with Crippen LogP contribution in [0.3, 0.4) is 0 Å². The van der Waals surface area contributed by atoms with Gasteiger partial charge in [0.15, 0.2) is 5.78 Å². The van der Waals surface area contributed by atoms with Gasteiger partial charge in [0.2, 0.25) is 0 Å². The van der Waals surface area contributed by atoms with E-state index in [2.05, 4.69) is 0 Å². The van der Waals surface area contributed by atoms with Crippen LogP contribution >= 0.6 is 0 Å². The van der Waals surface area contributed by atoms with Gasteiger partial charge in [-0.1, -0.05) is 19.4 Å². The van der Waals surface area contributed by atoms with Crippen LogP contribution in [0.4, 0.5) is 0 Å². The number of carboxylic acid groups (broad SMARTS) is 1. The molecule has 24 heavy (non-hydrogen) atoms. The van der Waals surface area contributed by atoms with Gasteiger partial charge in [-0.2, -0.15) is 0 Å². The van der Waals surface area contributed by atoms with E-state index in [-0.39, 0.29) is 23.7 Å². The SMILES string of the molecule is CCCc1c(COc2ccc(C(=O)O)cc2)ccc(C(C)=O)c1O. The number of rotatable bonds is 7. The van der Waals surface area contributed by atoms with Crippen molar-refractivity contribution in [1.82, 2.24) is 0 Å². The Kier molecular flexibility index (Phi) is 5.58. The van der Waals surface area contributed by atoms with Gasteiger partial charge < -0.3 is 14.9 Å². The topological polar surface area (TPSA) is 83.8 Å². The molecule has 0 aliphatic carbocycles. The number of aromatic hydroxyl groups is 1. The molecule has 5 nitrogen and oxygen atoms in total. The number of phenolic OH excluding ortho intramolecular Hbond substituents is 1. The molecule has 0 amide bonds. The second-order valence-electron chi connectivity index (χ2n) is 5.52. The summed E-state index contributed by atoms with van der Waals surface area (Å²) in [5, 5.41) is 19.2. The van der Waals surface area contributed by atoms with Crippen LogP contribution in [-0.4, -0.2) is 22.0 Å². The smallest absolute Gasteiger partial charge is 0.335 e. The predicted octanol–water partition coefficient (Wildman–Crippen LogP) is 3.82. The zero-order valence-electron chi connectivity index (χ0n) is 13.7. The van der Waals surface area contributed by atoms with Gasteiger partial charge in [-0.3, -0.25) is 4.79 Å². The second-order valence-corrected chi connectivity index (χ2v) is 5.52. The maximum absolute atomic E-state index is 11.6. The molecule has 0 aliphatic heterocycles. The number of Topliss-reactive ketones (excluding diaryl/α,β-unsaturated/α-hetero) is 1. The molecule has 0 saturated heterocycles. The van der Waals surface area contributed by atoms with E-state index in [1.165, 1.54) is 19.1 Å². The van der Waals surface area contributed by atoms with Crippen molar-refractivity contribution in [2.75, 3.05) is 0 Å². The number of carbonyl (C=O) groups is 2. The number of hydrogen-bond acceptors (Lipinski definition) is 4. The molecular formula is C19H20O5. The summed E-state index contributed by atoms with van der Waals surface area (Å²) in [5.41, 5.74) is 2.03. The third-order valence-electron chi connectivity index (χ3n) is 3.75. The number of carboxylic acids is 1. The van der Waals surface area contributed by atoms with E-state index in [1.807, 2.05) is 6.92 Å². The summed E-state index contributed by atoms with van der Waals surface area (Å²) >= 11 is 0. The fourth-order valence-electron chi connectivity index (χ4n) is 2.48. The number of ketones is 1. The van der Waals surface area contributed by atoms with Crippen molar-refractivity contribution in [2.24, 2.45) is 0 Å². The number of phenols is 1. The minimum atomic E-state index is -0.989. The van der Waals surface area contributed by atoms with Crippen LogP contribution in [0.15, 0.2) is 36.4 Å². The van der Waals surface area contributed by atoms with Crippen LogP contribution in [0.5, 0.6) is 11.5 Å². The first-order valence-electron chi connectivity index (χ1n) is 7.74. The fourth-order valence-corrected chi connectivity index (χ4v) is 2.48. The van der Waals surface area contributed by atoms with Gasteiger partial charge >= 0.3 is 5.97 Å². The van der Waals surface area contributed by atoms with Crippen molar-refractivity contribution in [2.45, 2.75) is 33.3 Å². The van der Waals surface area contributed by atoms with E-state index in [0.717, 1.165) is 12.0 Å². The highest BCUT2D eigenvalue weighted by atomic mass is 16.5. The lowest BCUT2D eigenvalue weighted by molar-refractivity contribution is 0.0696. The molecule has 0 fully saturated rings. The van der Waals surface area contributed by atoms with Crippen LogP contribution in [0.25, 0.3) is 0 Å². The Morgan fingerprint density at radius 2 is 1.75 bits per heavy atom. The summed E-state index contributed by atoms with van der Waals surface area (Å²) < 4.78 is 5.68. The highest BCUT2D eigenvalue weighted by Gasteiger charge is 2.15. The molecule has 126 valence electrons. The molecule has 0 atom stereocenters. The summed E-state index contributed by atoms with van der Waals surface area (Å²) in [6.45, 7) is 3.65. The van der Waals surface area contributed by atoms with E-state index in [0.29, 0.717) is 23.3 Å². The van der Waals surface area contributed by atoms with Crippen LogP contribution in [0.2, 0.25) is 0 Å². The Bertz CT molecular complexity index is 747. The van der Waals surface area contributed by atoms with Crippen LogP contribution < -0.4 is 4.74 Å². The van der Waals surface area contributed by atoms with E-state index in [1.54, 1.807) is 24.3 Å². The number of hydrogen-bond donors (Lipinski definition) is 2. The van der Waals surface area contributed by atoms with Gasteiger partial charge in [-0.05, 0) is 49.2 Å². The van der Waals surface area contributed by atoms with E-state index in [4.69, 9.17) is 9.84 Å². The van der Waals surface area contributed by atoms with Gasteiger partial charge in [0.25, 0.3) is 0 Å². The summed E-state index contributed by atoms with van der Waals surface area (Å²) in [6.07, 6.45) is 1.47. The predicted molar refractivity (Wildman–Crippen MR) is 89.8 cm³/mol. The number of benzene rings is 2. The summed E-state index contributed by atoms with van der Waals surface area (Å²) in [4.78, 5) is 22.4. The van der Waals surface area contributed by atoms with Crippen LogP contribution in [0, 0.1) is 0 Å². The fraction of sp³-hybridized carbons (Fsp3) is 0.263. The highest BCUT2D eigenvalue weighted by molar-refractivity contribution is 5.97. The van der Waals surface area contributed by atoms with Crippen LogP contribution in [-0.2, 0) is 13.0 Å². The third-order valence-corrected chi connectivity index (χ3v) is 3.75. The second kappa shape index (κ2) is 7.64. The van der Waals surface area contributed by atoms with Gasteiger partial charge in [0.1, 0.15) is 18.1 Å². The zero-order valence-corrected chi connectivity index (χ0v) is 13.7. The highest BCUT2D eigenvalue weighted by Crippen LogP contribution is 2.29. The molecule has 2 aromatic carbocycles. The van der Waals surface area contributed by atoms with Gasteiger partial charge in [-0.25, -0.2) is 4.79 Å². The first-order chi connectivity index (χ1) is 11.4. The lowest BCUT2D eigenvalue weighted by Crippen LogP contribution is -2.04. The Labute approximate surface area is 140 Å². The van der Waals surface area contributed by atoms with Gasteiger partial charge in [0, 0.05) is 5.56 Å². The maximum atomic E-state index is 11.6. The molecule has 0 spiro atoms. The molecule has 0 aromatic heterocycles. The van der Waals surface area contributed by atoms with Crippen molar-refractivity contribution in [3.63, 3.8) is 0 Å². The van der Waals surface area contributed by atoms with Crippen molar-refractivity contribution >= 4 is 11.8 Å². The Morgan fingerprint density at radius 3 is 2.29 bits per heavy atom. The van der Waals surface area contributed by atoms with E-state index < -0.39 is 5.97 Å². The van der Waals surface area contributed by atoms with Crippen molar-refractivity contribution in [1.29, 1.82) is 0 Å².